The van der Waals surface area contributed by atoms with Crippen LogP contribution in [0.15, 0.2) is 24.3 Å². The van der Waals surface area contributed by atoms with Gasteiger partial charge >= 0.3 is 5.97 Å². The van der Waals surface area contributed by atoms with E-state index in [1.807, 2.05) is 13.8 Å². The number of hydrogen-bond donors (Lipinski definition) is 3. The van der Waals surface area contributed by atoms with Crippen molar-refractivity contribution >= 4 is 5.97 Å². The highest BCUT2D eigenvalue weighted by atomic mass is 16.5. The SMILES string of the molecule is CCCC(C)(O)CNCCOc1ccc(C(=O)O)cc1. The molecule has 1 rings (SSSR count). The van der Waals surface area contributed by atoms with Crippen LogP contribution in [0.1, 0.15) is 37.0 Å². The highest BCUT2D eigenvalue weighted by Gasteiger charge is 2.17. The van der Waals surface area contributed by atoms with E-state index in [1.165, 1.54) is 12.1 Å². The summed E-state index contributed by atoms with van der Waals surface area (Å²) in [6.07, 6.45) is 1.71. The van der Waals surface area contributed by atoms with Crippen LogP contribution in [-0.2, 0) is 0 Å². The van der Waals surface area contributed by atoms with Crippen LogP contribution in [0.5, 0.6) is 5.75 Å². The molecule has 0 amide bonds. The van der Waals surface area contributed by atoms with E-state index in [1.54, 1.807) is 12.1 Å². The Bertz CT molecular complexity index is 414. The molecule has 3 N–H and O–H groups in total. The van der Waals surface area contributed by atoms with Crippen LogP contribution in [-0.4, -0.2) is 41.5 Å². The third-order valence-electron chi connectivity index (χ3n) is 2.94. The summed E-state index contributed by atoms with van der Waals surface area (Å²) in [5.41, 5.74) is -0.441. The molecule has 0 saturated heterocycles. The second-order valence-corrected chi connectivity index (χ2v) is 5.10. The lowest BCUT2D eigenvalue weighted by Crippen LogP contribution is -2.39. The van der Waals surface area contributed by atoms with E-state index in [0.29, 0.717) is 25.4 Å². The van der Waals surface area contributed by atoms with E-state index in [4.69, 9.17) is 9.84 Å². The number of carboxylic acid groups (broad SMARTS) is 1. The molecule has 0 aromatic heterocycles. The molecule has 1 unspecified atom stereocenters. The van der Waals surface area contributed by atoms with E-state index in [0.717, 1.165) is 12.8 Å². The number of hydrogen-bond acceptors (Lipinski definition) is 4. The third-order valence-corrected chi connectivity index (χ3v) is 2.94. The Kier molecular flexibility index (Phi) is 6.48. The average Bonchev–Trinajstić information content (AvgIpc) is 2.38. The molecular formula is C15H23NO4. The Morgan fingerprint density at radius 3 is 2.55 bits per heavy atom. The van der Waals surface area contributed by atoms with E-state index in [2.05, 4.69) is 5.32 Å². The van der Waals surface area contributed by atoms with Gasteiger partial charge in [0.05, 0.1) is 11.2 Å². The first-order valence-electron chi connectivity index (χ1n) is 6.84. The highest BCUT2D eigenvalue weighted by Crippen LogP contribution is 2.12. The standard InChI is InChI=1S/C15H23NO4/c1-3-8-15(2,19)11-16-9-10-20-13-6-4-12(5-7-13)14(17)18/h4-7,16,19H,3,8-11H2,1-2H3,(H,17,18). The molecule has 0 aliphatic heterocycles. The highest BCUT2D eigenvalue weighted by molar-refractivity contribution is 5.87. The summed E-state index contributed by atoms with van der Waals surface area (Å²) < 4.78 is 5.48. The van der Waals surface area contributed by atoms with Gasteiger partial charge in [-0.1, -0.05) is 13.3 Å². The summed E-state index contributed by atoms with van der Waals surface area (Å²) in [5.74, 6) is -0.312. The van der Waals surface area contributed by atoms with Crippen molar-refractivity contribution in [3.8, 4) is 5.75 Å². The average molecular weight is 281 g/mol. The fraction of sp³-hybridized carbons (Fsp3) is 0.533. The van der Waals surface area contributed by atoms with Crippen molar-refractivity contribution in [3.63, 3.8) is 0 Å². The summed E-state index contributed by atoms with van der Waals surface area (Å²) in [5, 5.41) is 21.9. The molecular weight excluding hydrogens is 258 g/mol. The van der Waals surface area contributed by atoms with Gasteiger partial charge in [0.2, 0.25) is 0 Å². The van der Waals surface area contributed by atoms with Gasteiger partial charge in [-0.05, 0) is 37.6 Å². The Morgan fingerprint density at radius 2 is 2.00 bits per heavy atom. The van der Waals surface area contributed by atoms with Gasteiger partial charge in [0.1, 0.15) is 12.4 Å². The van der Waals surface area contributed by atoms with Crippen molar-refractivity contribution in [1.29, 1.82) is 0 Å². The van der Waals surface area contributed by atoms with Gasteiger partial charge in [-0.2, -0.15) is 0 Å². The van der Waals surface area contributed by atoms with E-state index in [9.17, 15) is 9.90 Å². The Labute approximate surface area is 119 Å². The maximum atomic E-state index is 10.7. The van der Waals surface area contributed by atoms with E-state index in [-0.39, 0.29) is 5.56 Å². The van der Waals surface area contributed by atoms with Gasteiger partial charge in [0, 0.05) is 13.1 Å². The van der Waals surface area contributed by atoms with E-state index >= 15 is 0 Å². The van der Waals surface area contributed by atoms with Crippen LogP contribution >= 0.6 is 0 Å². The summed E-state index contributed by atoms with van der Waals surface area (Å²) in [6, 6.07) is 6.29. The second kappa shape index (κ2) is 7.87. The predicted octanol–water partition coefficient (Wildman–Crippen LogP) is 1.90. The molecule has 1 aromatic rings. The second-order valence-electron chi connectivity index (χ2n) is 5.10. The van der Waals surface area contributed by atoms with Crippen molar-refractivity contribution in [3.05, 3.63) is 29.8 Å². The van der Waals surface area contributed by atoms with Gasteiger partial charge in [0.25, 0.3) is 0 Å². The molecule has 0 spiro atoms. The zero-order chi connectivity index (χ0) is 15.0. The van der Waals surface area contributed by atoms with Crippen LogP contribution in [0.3, 0.4) is 0 Å². The van der Waals surface area contributed by atoms with Crippen molar-refractivity contribution in [1.82, 2.24) is 5.32 Å². The number of aromatic carboxylic acids is 1. The number of benzene rings is 1. The first-order valence-corrected chi connectivity index (χ1v) is 6.84. The van der Waals surface area contributed by atoms with Crippen molar-refractivity contribution in [2.75, 3.05) is 19.7 Å². The minimum absolute atomic E-state index is 0.242. The summed E-state index contributed by atoms with van der Waals surface area (Å²) >= 11 is 0. The van der Waals surface area contributed by atoms with Crippen LogP contribution in [0.2, 0.25) is 0 Å². The van der Waals surface area contributed by atoms with Crippen LogP contribution in [0.25, 0.3) is 0 Å². The number of carbonyl (C=O) groups is 1. The van der Waals surface area contributed by atoms with Crippen LogP contribution < -0.4 is 10.1 Å². The molecule has 112 valence electrons. The quantitative estimate of drug-likeness (QED) is 0.603. The molecule has 0 radical (unpaired) electrons. The fourth-order valence-electron chi connectivity index (χ4n) is 1.92. The largest absolute Gasteiger partial charge is 0.492 e. The number of carboxylic acids is 1. The third kappa shape index (κ3) is 6.04. The molecule has 0 aliphatic rings. The first-order chi connectivity index (χ1) is 9.44. The maximum Gasteiger partial charge on any atom is 0.335 e. The molecule has 5 heteroatoms. The molecule has 0 aliphatic carbocycles. The summed E-state index contributed by atoms with van der Waals surface area (Å²) in [4.78, 5) is 10.7. The topological polar surface area (TPSA) is 78.8 Å². The number of aliphatic hydroxyl groups is 1. The number of rotatable bonds is 9. The molecule has 20 heavy (non-hydrogen) atoms. The molecule has 0 saturated carbocycles. The monoisotopic (exact) mass is 281 g/mol. The van der Waals surface area contributed by atoms with Gasteiger partial charge in [-0.25, -0.2) is 4.79 Å². The van der Waals surface area contributed by atoms with Crippen molar-refractivity contribution in [2.45, 2.75) is 32.3 Å². The zero-order valence-electron chi connectivity index (χ0n) is 12.1. The summed E-state index contributed by atoms with van der Waals surface area (Å²) in [7, 11) is 0. The lowest BCUT2D eigenvalue weighted by atomic mass is 10.0. The maximum absolute atomic E-state index is 10.7. The summed E-state index contributed by atoms with van der Waals surface area (Å²) in [6.45, 7) is 5.48. The van der Waals surface area contributed by atoms with Gasteiger partial charge in [-0.3, -0.25) is 0 Å². The van der Waals surface area contributed by atoms with Crippen LogP contribution in [0, 0.1) is 0 Å². The molecule has 1 aromatic carbocycles. The smallest absolute Gasteiger partial charge is 0.335 e. The minimum Gasteiger partial charge on any atom is -0.492 e. The fourth-order valence-corrected chi connectivity index (χ4v) is 1.92. The first kappa shape index (κ1) is 16.5. The van der Waals surface area contributed by atoms with Crippen molar-refractivity contribution in [2.24, 2.45) is 0 Å². The van der Waals surface area contributed by atoms with Crippen LogP contribution in [0.4, 0.5) is 0 Å². The molecule has 1 atom stereocenters. The molecule has 5 nitrogen and oxygen atoms in total. The van der Waals surface area contributed by atoms with Gasteiger partial charge in [0.15, 0.2) is 0 Å². The molecule has 0 fully saturated rings. The van der Waals surface area contributed by atoms with Crippen molar-refractivity contribution < 1.29 is 19.7 Å². The predicted molar refractivity (Wildman–Crippen MR) is 77.3 cm³/mol. The normalized spacial score (nSPS) is 13.8. The minimum atomic E-state index is -0.948. The molecule has 0 heterocycles. The number of nitrogens with one attached hydrogen (secondary N) is 1. The van der Waals surface area contributed by atoms with E-state index < -0.39 is 11.6 Å². The molecule has 0 bridgehead atoms. The lowest BCUT2D eigenvalue weighted by molar-refractivity contribution is 0.0494. The Hall–Kier alpha value is -1.59. The lowest BCUT2D eigenvalue weighted by Gasteiger charge is -2.23. The number of ether oxygens (including phenoxy) is 1. The zero-order valence-corrected chi connectivity index (χ0v) is 12.1. The van der Waals surface area contributed by atoms with Gasteiger partial charge < -0.3 is 20.3 Å². The Balaban J connectivity index is 2.23. The Morgan fingerprint density at radius 1 is 1.35 bits per heavy atom. The van der Waals surface area contributed by atoms with Gasteiger partial charge in [-0.15, -0.1) is 0 Å².